The van der Waals surface area contributed by atoms with Crippen LogP contribution in [-0.2, 0) is 0 Å². The standard InChI is InChI=1S/C20H29ClN4O2/c21-16-10-22-18(23-14-1-3-15(26)4-2-14)24-17(16)25-19-6-12-5-13(7-19)9-20(27,8-12)11-19/h10,12-15,26-27H,1-9,11H2,(H2,22,23,24,25). The number of aliphatic hydroxyl groups excluding tert-OH is 1. The second-order valence-electron chi connectivity index (χ2n) is 9.63. The number of aliphatic hydroxyl groups is 2. The zero-order valence-electron chi connectivity index (χ0n) is 15.6. The van der Waals surface area contributed by atoms with Crippen LogP contribution in [0.3, 0.4) is 0 Å². The topological polar surface area (TPSA) is 90.3 Å². The van der Waals surface area contributed by atoms with Crippen LogP contribution >= 0.6 is 11.6 Å². The van der Waals surface area contributed by atoms with E-state index < -0.39 is 5.60 Å². The molecule has 6 nitrogen and oxygen atoms in total. The van der Waals surface area contributed by atoms with Gasteiger partial charge in [-0.3, -0.25) is 0 Å². The van der Waals surface area contributed by atoms with Crippen molar-refractivity contribution in [2.45, 2.75) is 87.5 Å². The molecule has 4 bridgehead atoms. The molecule has 0 aromatic carbocycles. The van der Waals surface area contributed by atoms with E-state index in [-0.39, 0.29) is 11.6 Å². The first kappa shape index (κ1) is 18.0. The van der Waals surface area contributed by atoms with E-state index in [0.717, 1.165) is 57.8 Å². The van der Waals surface area contributed by atoms with Gasteiger partial charge in [-0.05, 0) is 76.0 Å². The second-order valence-corrected chi connectivity index (χ2v) is 10.0. The highest BCUT2D eigenvalue weighted by atomic mass is 35.5. The maximum absolute atomic E-state index is 11.0. The summed E-state index contributed by atoms with van der Waals surface area (Å²) in [5, 5.41) is 28.2. The van der Waals surface area contributed by atoms with Crippen LogP contribution in [0.25, 0.3) is 0 Å². The number of halogens is 1. The summed E-state index contributed by atoms with van der Waals surface area (Å²) >= 11 is 6.42. The average Bonchev–Trinajstić information content (AvgIpc) is 2.57. The monoisotopic (exact) mass is 392 g/mol. The van der Waals surface area contributed by atoms with Gasteiger partial charge in [0, 0.05) is 11.6 Å². The molecule has 0 radical (unpaired) electrons. The van der Waals surface area contributed by atoms with Crippen molar-refractivity contribution >= 4 is 23.4 Å². The van der Waals surface area contributed by atoms with Crippen LogP contribution in [0.5, 0.6) is 0 Å². The molecule has 0 aliphatic heterocycles. The number of hydrogen-bond donors (Lipinski definition) is 4. The molecule has 5 aliphatic carbocycles. The molecular formula is C20H29ClN4O2. The largest absolute Gasteiger partial charge is 0.393 e. The Balaban J connectivity index is 1.33. The van der Waals surface area contributed by atoms with Crippen molar-refractivity contribution < 1.29 is 10.2 Å². The Morgan fingerprint density at radius 1 is 1.07 bits per heavy atom. The Bertz CT molecular complexity index is 708. The third kappa shape index (κ3) is 3.52. The maximum Gasteiger partial charge on any atom is 0.224 e. The fourth-order valence-corrected chi connectivity index (χ4v) is 6.68. The zero-order valence-corrected chi connectivity index (χ0v) is 16.4. The smallest absolute Gasteiger partial charge is 0.224 e. The summed E-state index contributed by atoms with van der Waals surface area (Å²) < 4.78 is 0. The van der Waals surface area contributed by atoms with Gasteiger partial charge in [-0.1, -0.05) is 11.6 Å². The van der Waals surface area contributed by atoms with Crippen molar-refractivity contribution in [3.8, 4) is 0 Å². The molecule has 5 fully saturated rings. The Morgan fingerprint density at radius 3 is 2.44 bits per heavy atom. The molecule has 27 heavy (non-hydrogen) atoms. The number of hydrogen-bond acceptors (Lipinski definition) is 6. The lowest BCUT2D eigenvalue weighted by Crippen LogP contribution is -2.62. The van der Waals surface area contributed by atoms with Crippen LogP contribution in [0.2, 0.25) is 5.02 Å². The minimum Gasteiger partial charge on any atom is -0.393 e. The van der Waals surface area contributed by atoms with Gasteiger partial charge < -0.3 is 20.8 Å². The summed E-state index contributed by atoms with van der Waals surface area (Å²) in [5.41, 5.74) is -0.607. The summed E-state index contributed by atoms with van der Waals surface area (Å²) in [4.78, 5) is 9.03. The predicted octanol–water partition coefficient (Wildman–Crippen LogP) is 3.34. The van der Waals surface area contributed by atoms with E-state index in [0.29, 0.717) is 34.7 Å². The summed E-state index contributed by atoms with van der Waals surface area (Å²) in [7, 11) is 0. The van der Waals surface area contributed by atoms with E-state index in [1.807, 2.05) is 0 Å². The minimum atomic E-state index is -0.513. The molecule has 2 unspecified atom stereocenters. The van der Waals surface area contributed by atoms with Gasteiger partial charge in [-0.2, -0.15) is 4.98 Å². The highest BCUT2D eigenvalue weighted by Crippen LogP contribution is 2.58. The summed E-state index contributed by atoms with van der Waals surface area (Å²) in [5.74, 6) is 2.48. The SMILES string of the molecule is OC1CCC(Nc2ncc(Cl)c(NC34CC5CC(CC(O)(C5)C3)C4)n2)CC1. The average molecular weight is 393 g/mol. The van der Waals surface area contributed by atoms with Crippen LogP contribution in [0.1, 0.15) is 64.2 Å². The van der Waals surface area contributed by atoms with E-state index in [1.54, 1.807) is 6.20 Å². The number of nitrogens with one attached hydrogen (secondary N) is 2. The molecule has 4 N–H and O–H groups in total. The molecule has 5 saturated carbocycles. The van der Waals surface area contributed by atoms with Gasteiger partial charge in [0.2, 0.25) is 5.95 Å². The molecule has 148 valence electrons. The Kier molecular flexibility index (Phi) is 4.30. The maximum atomic E-state index is 11.0. The van der Waals surface area contributed by atoms with Crippen molar-refractivity contribution in [1.82, 2.24) is 9.97 Å². The summed E-state index contributed by atoms with van der Waals surface area (Å²) in [6.45, 7) is 0. The molecule has 0 spiro atoms. The number of anilines is 2. The first-order valence-electron chi connectivity index (χ1n) is 10.4. The molecular weight excluding hydrogens is 364 g/mol. The normalized spacial score (nSPS) is 42.9. The second kappa shape index (κ2) is 6.46. The fourth-order valence-electron chi connectivity index (χ4n) is 6.54. The number of rotatable bonds is 4. The zero-order chi connectivity index (χ0) is 18.6. The third-order valence-corrected chi connectivity index (χ3v) is 7.46. The van der Waals surface area contributed by atoms with Gasteiger partial charge in [0.25, 0.3) is 0 Å². The summed E-state index contributed by atoms with van der Waals surface area (Å²) in [6.07, 6.45) is 11.1. The molecule has 0 saturated heterocycles. The van der Waals surface area contributed by atoms with Crippen LogP contribution in [-0.4, -0.2) is 43.5 Å². The van der Waals surface area contributed by atoms with Crippen molar-refractivity contribution in [1.29, 1.82) is 0 Å². The molecule has 0 amide bonds. The van der Waals surface area contributed by atoms with Gasteiger partial charge in [-0.15, -0.1) is 0 Å². The lowest BCUT2D eigenvalue weighted by molar-refractivity contribution is -0.127. The first-order valence-corrected chi connectivity index (χ1v) is 10.8. The van der Waals surface area contributed by atoms with E-state index in [4.69, 9.17) is 11.6 Å². The number of nitrogens with zero attached hydrogens (tertiary/aromatic N) is 2. The number of aromatic nitrogens is 2. The highest BCUT2D eigenvalue weighted by molar-refractivity contribution is 6.32. The molecule has 7 heteroatoms. The van der Waals surface area contributed by atoms with E-state index >= 15 is 0 Å². The van der Waals surface area contributed by atoms with Crippen molar-refractivity contribution in [2.24, 2.45) is 11.8 Å². The van der Waals surface area contributed by atoms with Gasteiger partial charge in [0.15, 0.2) is 5.82 Å². The van der Waals surface area contributed by atoms with Gasteiger partial charge in [-0.25, -0.2) is 4.98 Å². The molecule has 2 atom stereocenters. The molecule has 5 aliphatic rings. The molecule has 1 aromatic heterocycles. The Hall–Kier alpha value is -1.11. The molecule has 1 aromatic rings. The molecule has 6 rings (SSSR count). The Morgan fingerprint density at radius 2 is 1.78 bits per heavy atom. The van der Waals surface area contributed by atoms with Crippen LogP contribution in [0.4, 0.5) is 11.8 Å². The van der Waals surface area contributed by atoms with Gasteiger partial charge >= 0.3 is 0 Å². The minimum absolute atomic E-state index is 0.0942. The van der Waals surface area contributed by atoms with Gasteiger partial charge in [0.1, 0.15) is 5.02 Å². The fraction of sp³-hybridized carbons (Fsp3) is 0.800. The lowest BCUT2D eigenvalue weighted by Gasteiger charge is -2.60. The highest BCUT2D eigenvalue weighted by Gasteiger charge is 2.57. The summed E-state index contributed by atoms with van der Waals surface area (Å²) in [6, 6.07) is 0.294. The van der Waals surface area contributed by atoms with Crippen LogP contribution in [0.15, 0.2) is 6.20 Å². The lowest BCUT2D eigenvalue weighted by atomic mass is 9.51. The van der Waals surface area contributed by atoms with E-state index in [9.17, 15) is 10.2 Å². The van der Waals surface area contributed by atoms with Crippen molar-refractivity contribution in [3.63, 3.8) is 0 Å². The van der Waals surface area contributed by atoms with E-state index in [1.165, 1.54) is 6.42 Å². The van der Waals surface area contributed by atoms with Crippen molar-refractivity contribution in [3.05, 3.63) is 11.2 Å². The van der Waals surface area contributed by atoms with Gasteiger partial charge in [0.05, 0.1) is 17.9 Å². The first-order chi connectivity index (χ1) is 12.9. The third-order valence-electron chi connectivity index (χ3n) is 7.19. The Labute approximate surface area is 165 Å². The van der Waals surface area contributed by atoms with E-state index in [2.05, 4.69) is 20.6 Å². The van der Waals surface area contributed by atoms with Crippen molar-refractivity contribution in [2.75, 3.05) is 10.6 Å². The van der Waals surface area contributed by atoms with Crippen LogP contribution in [0, 0.1) is 11.8 Å². The molecule has 1 heterocycles. The quantitative estimate of drug-likeness (QED) is 0.628. The predicted molar refractivity (Wildman–Crippen MR) is 105 cm³/mol. The van der Waals surface area contributed by atoms with Crippen LogP contribution < -0.4 is 10.6 Å².